The molecule has 2 aromatic heterocycles. The zero-order valence-electron chi connectivity index (χ0n) is 21.0. The fraction of sp³-hybridized carbons (Fsp3) is 0.355. The largest absolute Gasteiger partial charge is 0.488 e. The number of aromatic nitrogens is 3. The lowest BCUT2D eigenvalue weighted by molar-refractivity contribution is 0.0738. The van der Waals surface area contributed by atoms with Crippen molar-refractivity contribution < 1.29 is 9.84 Å². The van der Waals surface area contributed by atoms with E-state index in [0.717, 1.165) is 71.7 Å². The van der Waals surface area contributed by atoms with E-state index in [1.54, 1.807) is 10.6 Å². The molecule has 0 bridgehead atoms. The Morgan fingerprint density at radius 1 is 0.919 bits per heavy atom. The molecule has 0 saturated heterocycles. The summed E-state index contributed by atoms with van der Waals surface area (Å²) in [6, 6.07) is 19.7. The molecule has 1 N–H and O–H groups in total. The van der Waals surface area contributed by atoms with Gasteiger partial charge in [0.2, 0.25) is 0 Å². The lowest BCUT2D eigenvalue weighted by Crippen LogP contribution is -2.34. The Morgan fingerprint density at radius 2 is 1.73 bits per heavy atom. The van der Waals surface area contributed by atoms with Crippen molar-refractivity contribution >= 4 is 0 Å². The Bertz CT molecular complexity index is 1420. The molecule has 4 aromatic rings. The average Bonchev–Trinajstić information content (AvgIpc) is 3.62. The predicted molar refractivity (Wildman–Crippen MR) is 144 cm³/mol. The van der Waals surface area contributed by atoms with E-state index in [-0.39, 0.29) is 11.6 Å². The third kappa shape index (κ3) is 5.39. The van der Waals surface area contributed by atoms with Crippen LogP contribution in [0.25, 0.3) is 22.3 Å². The summed E-state index contributed by atoms with van der Waals surface area (Å²) in [5, 5.41) is 14.9. The zero-order valence-corrected chi connectivity index (χ0v) is 21.0. The number of benzene rings is 2. The molecule has 2 saturated carbocycles. The molecule has 0 radical (unpaired) electrons. The van der Waals surface area contributed by atoms with Crippen LogP contribution in [0.2, 0.25) is 0 Å². The summed E-state index contributed by atoms with van der Waals surface area (Å²) < 4.78 is 9.96. The highest BCUT2D eigenvalue weighted by molar-refractivity contribution is 5.70. The summed E-state index contributed by atoms with van der Waals surface area (Å²) in [6.07, 6.45) is 11.7. The van der Waals surface area contributed by atoms with E-state index in [1.807, 2.05) is 42.7 Å². The number of ether oxygens (including phenoxy) is 1. The Kier molecular flexibility index (Phi) is 6.66. The van der Waals surface area contributed by atoms with Crippen LogP contribution in [0, 0.1) is 5.92 Å². The SMILES string of the molecule is O=c1cc(-c2ccccc2OCc2ccc(-c3cnn(CC4CC4)c3)cc2)ccn1[C@H]1CCCC[C@@H]1O. The van der Waals surface area contributed by atoms with Gasteiger partial charge >= 0.3 is 0 Å². The molecule has 6 nitrogen and oxygen atoms in total. The van der Waals surface area contributed by atoms with E-state index < -0.39 is 6.10 Å². The average molecular weight is 496 g/mol. The minimum absolute atomic E-state index is 0.0886. The number of para-hydroxylation sites is 1. The highest BCUT2D eigenvalue weighted by Gasteiger charge is 2.25. The van der Waals surface area contributed by atoms with E-state index in [9.17, 15) is 9.90 Å². The topological polar surface area (TPSA) is 69.3 Å². The third-order valence-corrected chi connectivity index (χ3v) is 7.65. The Hall–Kier alpha value is -3.64. The first-order valence-corrected chi connectivity index (χ1v) is 13.4. The van der Waals surface area contributed by atoms with Crippen molar-refractivity contribution in [3.63, 3.8) is 0 Å². The maximum absolute atomic E-state index is 13.0. The summed E-state index contributed by atoms with van der Waals surface area (Å²) in [5.41, 5.74) is 4.97. The van der Waals surface area contributed by atoms with Gasteiger partial charge in [-0.3, -0.25) is 9.48 Å². The van der Waals surface area contributed by atoms with Crippen LogP contribution in [0.1, 0.15) is 50.1 Å². The number of nitrogens with zero attached hydrogens (tertiary/aromatic N) is 3. The van der Waals surface area contributed by atoms with Crippen molar-refractivity contribution in [2.75, 3.05) is 0 Å². The summed E-state index contributed by atoms with van der Waals surface area (Å²) in [7, 11) is 0. The molecule has 2 heterocycles. The Balaban J connectivity index is 1.15. The van der Waals surface area contributed by atoms with Crippen LogP contribution >= 0.6 is 0 Å². The maximum atomic E-state index is 13.0. The van der Waals surface area contributed by atoms with Crippen LogP contribution in [0.4, 0.5) is 0 Å². The van der Waals surface area contributed by atoms with Gasteiger partial charge in [-0.1, -0.05) is 55.3 Å². The number of aliphatic hydroxyl groups excluding tert-OH is 1. The van der Waals surface area contributed by atoms with Gasteiger partial charge in [-0.25, -0.2) is 0 Å². The fourth-order valence-corrected chi connectivity index (χ4v) is 5.31. The number of hydrogen-bond donors (Lipinski definition) is 1. The first-order chi connectivity index (χ1) is 18.1. The minimum atomic E-state index is -0.460. The Morgan fingerprint density at radius 3 is 2.51 bits per heavy atom. The van der Waals surface area contributed by atoms with Gasteiger partial charge in [0.15, 0.2) is 0 Å². The van der Waals surface area contributed by atoms with Crippen LogP contribution in [0.5, 0.6) is 5.75 Å². The van der Waals surface area contributed by atoms with Crippen LogP contribution in [-0.2, 0) is 13.2 Å². The molecule has 37 heavy (non-hydrogen) atoms. The second kappa shape index (κ2) is 10.4. The molecule has 190 valence electrons. The van der Waals surface area contributed by atoms with Gasteiger partial charge in [0.05, 0.1) is 18.3 Å². The molecule has 0 spiro atoms. The van der Waals surface area contributed by atoms with Crippen LogP contribution < -0.4 is 10.3 Å². The van der Waals surface area contributed by atoms with E-state index in [4.69, 9.17) is 4.74 Å². The van der Waals surface area contributed by atoms with E-state index in [1.165, 1.54) is 12.8 Å². The molecular weight excluding hydrogens is 462 g/mol. The number of pyridine rings is 1. The van der Waals surface area contributed by atoms with E-state index >= 15 is 0 Å². The van der Waals surface area contributed by atoms with Crippen molar-refractivity contribution in [3.05, 3.63) is 95.2 Å². The number of hydrogen-bond acceptors (Lipinski definition) is 4. The van der Waals surface area contributed by atoms with Crippen LogP contribution in [-0.4, -0.2) is 25.6 Å². The van der Waals surface area contributed by atoms with Gasteiger partial charge in [-0.2, -0.15) is 5.10 Å². The lowest BCUT2D eigenvalue weighted by atomic mass is 9.92. The van der Waals surface area contributed by atoms with Gasteiger partial charge in [0, 0.05) is 36.1 Å². The summed E-state index contributed by atoms with van der Waals surface area (Å²) in [6.45, 7) is 1.45. The molecule has 2 fully saturated rings. The minimum Gasteiger partial charge on any atom is -0.488 e. The van der Waals surface area contributed by atoms with Crippen LogP contribution in [0.3, 0.4) is 0 Å². The van der Waals surface area contributed by atoms with E-state index in [2.05, 4.69) is 40.2 Å². The highest BCUT2D eigenvalue weighted by atomic mass is 16.5. The zero-order chi connectivity index (χ0) is 25.2. The van der Waals surface area contributed by atoms with Crippen molar-refractivity contribution in [3.8, 4) is 28.0 Å². The smallest absolute Gasteiger partial charge is 0.251 e. The molecule has 2 atom stereocenters. The molecule has 0 aliphatic heterocycles. The van der Waals surface area contributed by atoms with Gasteiger partial charge in [-0.05, 0) is 60.4 Å². The van der Waals surface area contributed by atoms with Gasteiger partial charge in [0.25, 0.3) is 5.56 Å². The number of aliphatic hydroxyl groups is 1. The molecule has 6 rings (SSSR count). The van der Waals surface area contributed by atoms with Crippen molar-refractivity contribution in [2.45, 2.75) is 63.8 Å². The first kappa shape index (κ1) is 23.7. The quantitative estimate of drug-likeness (QED) is 0.333. The summed E-state index contributed by atoms with van der Waals surface area (Å²) in [5.74, 6) is 1.54. The van der Waals surface area contributed by atoms with Crippen molar-refractivity contribution in [1.29, 1.82) is 0 Å². The lowest BCUT2D eigenvalue weighted by Gasteiger charge is -2.29. The van der Waals surface area contributed by atoms with Gasteiger partial charge in [0.1, 0.15) is 12.4 Å². The number of rotatable bonds is 8. The molecule has 0 unspecified atom stereocenters. The maximum Gasteiger partial charge on any atom is 0.251 e. The molecule has 2 aliphatic carbocycles. The molecule has 6 heteroatoms. The van der Waals surface area contributed by atoms with Gasteiger partial charge < -0.3 is 14.4 Å². The predicted octanol–water partition coefficient (Wildman–Crippen LogP) is 5.84. The summed E-state index contributed by atoms with van der Waals surface area (Å²) in [4.78, 5) is 13.0. The first-order valence-electron chi connectivity index (χ1n) is 13.4. The molecule has 0 amide bonds. The third-order valence-electron chi connectivity index (χ3n) is 7.65. The fourth-order valence-electron chi connectivity index (χ4n) is 5.31. The highest BCUT2D eigenvalue weighted by Crippen LogP contribution is 2.32. The van der Waals surface area contributed by atoms with Gasteiger partial charge in [-0.15, -0.1) is 0 Å². The summed E-state index contributed by atoms with van der Waals surface area (Å²) >= 11 is 0. The molecule has 2 aliphatic rings. The van der Waals surface area contributed by atoms with Crippen molar-refractivity contribution in [2.24, 2.45) is 5.92 Å². The van der Waals surface area contributed by atoms with E-state index in [0.29, 0.717) is 6.61 Å². The molecule has 2 aromatic carbocycles. The second-order valence-corrected chi connectivity index (χ2v) is 10.5. The van der Waals surface area contributed by atoms with Crippen molar-refractivity contribution in [1.82, 2.24) is 14.3 Å². The molecular formula is C31H33N3O3. The monoisotopic (exact) mass is 495 g/mol. The second-order valence-electron chi connectivity index (χ2n) is 10.5. The van der Waals surface area contributed by atoms with Crippen LogP contribution in [0.15, 0.2) is 84.0 Å². The normalized spacial score (nSPS) is 19.6. The standard InChI is InChI=1S/C31H33N3O3/c35-29-7-3-2-6-28(29)34-16-15-25(17-31(34)36)27-5-1-4-8-30(27)37-21-23-11-13-24(14-12-23)26-18-32-33(20-26)19-22-9-10-22/h1,4-5,8,11-18,20,22,28-29,35H,2-3,6-7,9-10,19,21H2/t28-,29-/m0/s1. The Labute approximate surface area is 217 Å².